The highest BCUT2D eigenvalue weighted by Crippen LogP contribution is 2.19. The van der Waals surface area contributed by atoms with E-state index in [1.807, 2.05) is 25.1 Å². The van der Waals surface area contributed by atoms with Gasteiger partial charge < -0.3 is 9.47 Å². The molecule has 0 fully saturated rings. The van der Waals surface area contributed by atoms with Gasteiger partial charge in [-0.3, -0.25) is 4.79 Å². The van der Waals surface area contributed by atoms with Crippen molar-refractivity contribution >= 4 is 5.78 Å². The van der Waals surface area contributed by atoms with Crippen LogP contribution in [-0.2, 0) is 4.74 Å². The molecule has 3 heteroatoms. The molecule has 1 aromatic carbocycles. The van der Waals surface area contributed by atoms with Gasteiger partial charge in [0.15, 0.2) is 5.78 Å². The second-order valence-corrected chi connectivity index (χ2v) is 4.09. The molecule has 0 N–H and O–H groups in total. The number of Topliss-reactive ketones (excluding diaryl/α,β-unsaturated/α-hetero) is 1. The van der Waals surface area contributed by atoms with E-state index in [4.69, 9.17) is 9.47 Å². The van der Waals surface area contributed by atoms with E-state index in [1.165, 1.54) is 0 Å². The minimum atomic E-state index is 0.109. The van der Waals surface area contributed by atoms with Crippen LogP contribution < -0.4 is 4.74 Å². The van der Waals surface area contributed by atoms with Crippen molar-refractivity contribution in [1.82, 2.24) is 0 Å². The Morgan fingerprint density at radius 1 is 1.11 bits per heavy atom. The van der Waals surface area contributed by atoms with Crippen LogP contribution in [0.3, 0.4) is 0 Å². The summed E-state index contributed by atoms with van der Waals surface area (Å²) in [6.45, 7) is 5.81. The van der Waals surface area contributed by atoms with E-state index in [0.717, 1.165) is 19.4 Å². The first-order chi connectivity index (χ1) is 8.79. The summed E-state index contributed by atoms with van der Waals surface area (Å²) in [5.41, 5.74) is 0.661. The molecule has 1 aromatic rings. The zero-order valence-electron chi connectivity index (χ0n) is 11.3. The number of carbonyl (C=O) groups excluding carboxylic acids is 1. The highest BCUT2D eigenvalue weighted by molar-refractivity contribution is 5.98. The largest absolute Gasteiger partial charge is 0.490 e. The van der Waals surface area contributed by atoms with Gasteiger partial charge >= 0.3 is 0 Å². The number of hydrogen-bond acceptors (Lipinski definition) is 3. The Hall–Kier alpha value is -1.35. The van der Waals surface area contributed by atoms with Gasteiger partial charge in [0.1, 0.15) is 12.4 Å². The van der Waals surface area contributed by atoms with Crippen molar-refractivity contribution in [3.8, 4) is 5.75 Å². The first kappa shape index (κ1) is 14.7. The van der Waals surface area contributed by atoms with Crippen molar-refractivity contribution in [1.29, 1.82) is 0 Å². The molecule has 0 heterocycles. The van der Waals surface area contributed by atoms with E-state index in [1.54, 1.807) is 6.07 Å². The number of para-hydroxylation sites is 1. The quantitative estimate of drug-likeness (QED) is 0.497. The van der Waals surface area contributed by atoms with Gasteiger partial charge in [-0.1, -0.05) is 32.4 Å². The van der Waals surface area contributed by atoms with Crippen molar-refractivity contribution in [3.63, 3.8) is 0 Å². The van der Waals surface area contributed by atoms with Gasteiger partial charge in [0.05, 0.1) is 12.2 Å². The van der Waals surface area contributed by atoms with Crippen LogP contribution in [0.25, 0.3) is 0 Å². The molecular formula is C15H22O3. The molecule has 0 atom stereocenters. The lowest BCUT2D eigenvalue weighted by atomic mass is 10.1. The Labute approximate surface area is 109 Å². The highest BCUT2D eigenvalue weighted by atomic mass is 16.5. The number of hydrogen-bond donors (Lipinski definition) is 0. The minimum Gasteiger partial charge on any atom is -0.490 e. The maximum atomic E-state index is 11.7. The topological polar surface area (TPSA) is 35.5 Å². The molecule has 100 valence electrons. The van der Waals surface area contributed by atoms with Crippen LogP contribution in [0.2, 0.25) is 0 Å². The van der Waals surface area contributed by atoms with Crippen LogP contribution in [0.15, 0.2) is 24.3 Å². The second kappa shape index (κ2) is 8.70. The minimum absolute atomic E-state index is 0.109. The summed E-state index contributed by atoms with van der Waals surface area (Å²) in [7, 11) is 0. The Morgan fingerprint density at radius 2 is 1.89 bits per heavy atom. The van der Waals surface area contributed by atoms with E-state index in [-0.39, 0.29) is 5.78 Å². The molecule has 0 saturated heterocycles. The van der Waals surface area contributed by atoms with E-state index < -0.39 is 0 Å². The third kappa shape index (κ3) is 4.88. The molecule has 0 bridgehead atoms. The SMILES string of the molecule is CCCCOCCOc1ccccc1C(=O)CC. The van der Waals surface area contributed by atoms with Crippen molar-refractivity contribution in [2.45, 2.75) is 33.1 Å². The molecule has 3 nitrogen and oxygen atoms in total. The van der Waals surface area contributed by atoms with Crippen molar-refractivity contribution in [2.75, 3.05) is 19.8 Å². The first-order valence-corrected chi connectivity index (χ1v) is 6.62. The summed E-state index contributed by atoms with van der Waals surface area (Å²) in [6, 6.07) is 7.36. The van der Waals surface area contributed by atoms with Crippen molar-refractivity contribution < 1.29 is 14.3 Å². The normalized spacial score (nSPS) is 10.3. The predicted octanol–water partition coefficient (Wildman–Crippen LogP) is 3.47. The molecule has 0 aliphatic rings. The number of ketones is 1. The van der Waals surface area contributed by atoms with Crippen LogP contribution in [-0.4, -0.2) is 25.6 Å². The summed E-state index contributed by atoms with van der Waals surface area (Å²) in [5, 5.41) is 0. The number of rotatable bonds is 9. The van der Waals surface area contributed by atoms with Gasteiger partial charge in [-0.25, -0.2) is 0 Å². The Bertz CT molecular complexity index is 361. The van der Waals surface area contributed by atoms with Gasteiger partial charge in [-0.2, -0.15) is 0 Å². The fourth-order valence-corrected chi connectivity index (χ4v) is 1.57. The molecule has 0 aromatic heterocycles. The first-order valence-electron chi connectivity index (χ1n) is 6.62. The van der Waals surface area contributed by atoms with Gasteiger partial charge in [0, 0.05) is 13.0 Å². The molecule has 0 radical (unpaired) electrons. The molecule has 0 unspecified atom stereocenters. The monoisotopic (exact) mass is 250 g/mol. The summed E-state index contributed by atoms with van der Waals surface area (Å²) in [4.78, 5) is 11.7. The smallest absolute Gasteiger partial charge is 0.166 e. The summed E-state index contributed by atoms with van der Waals surface area (Å²) >= 11 is 0. The molecular weight excluding hydrogens is 228 g/mol. The lowest BCUT2D eigenvalue weighted by molar-refractivity contribution is 0.0937. The molecule has 1 rings (SSSR count). The number of unbranched alkanes of at least 4 members (excludes halogenated alkanes) is 1. The van der Waals surface area contributed by atoms with Crippen molar-refractivity contribution in [3.05, 3.63) is 29.8 Å². The van der Waals surface area contributed by atoms with Gasteiger partial charge in [-0.15, -0.1) is 0 Å². The molecule has 0 saturated carbocycles. The Balaban J connectivity index is 2.39. The number of carbonyl (C=O) groups is 1. The summed E-state index contributed by atoms with van der Waals surface area (Å²) in [6.07, 6.45) is 2.70. The summed E-state index contributed by atoms with van der Waals surface area (Å²) < 4.78 is 11.0. The van der Waals surface area contributed by atoms with E-state index in [0.29, 0.717) is 30.9 Å². The molecule has 0 spiro atoms. The molecule has 18 heavy (non-hydrogen) atoms. The fraction of sp³-hybridized carbons (Fsp3) is 0.533. The Morgan fingerprint density at radius 3 is 2.61 bits per heavy atom. The maximum absolute atomic E-state index is 11.7. The van der Waals surface area contributed by atoms with E-state index in [9.17, 15) is 4.79 Å². The number of ether oxygens (including phenoxy) is 2. The van der Waals surface area contributed by atoms with E-state index in [2.05, 4.69) is 6.92 Å². The molecule has 0 amide bonds. The fourth-order valence-electron chi connectivity index (χ4n) is 1.57. The lowest BCUT2D eigenvalue weighted by Gasteiger charge is -2.10. The maximum Gasteiger partial charge on any atom is 0.166 e. The lowest BCUT2D eigenvalue weighted by Crippen LogP contribution is -2.10. The average molecular weight is 250 g/mol. The van der Waals surface area contributed by atoms with Crippen LogP contribution in [0.4, 0.5) is 0 Å². The third-order valence-corrected chi connectivity index (χ3v) is 2.64. The van der Waals surface area contributed by atoms with Crippen molar-refractivity contribution in [2.24, 2.45) is 0 Å². The van der Waals surface area contributed by atoms with Crippen LogP contribution in [0, 0.1) is 0 Å². The Kier molecular flexibility index (Phi) is 7.11. The molecule has 0 aliphatic heterocycles. The van der Waals surface area contributed by atoms with Gasteiger partial charge in [0.2, 0.25) is 0 Å². The zero-order chi connectivity index (χ0) is 13.2. The van der Waals surface area contributed by atoms with Crippen LogP contribution in [0.5, 0.6) is 5.75 Å². The van der Waals surface area contributed by atoms with E-state index >= 15 is 0 Å². The van der Waals surface area contributed by atoms with Gasteiger partial charge in [0.25, 0.3) is 0 Å². The number of benzene rings is 1. The predicted molar refractivity (Wildman–Crippen MR) is 72.3 cm³/mol. The molecule has 0 aliphatic carbocycles. The standard InChI is InChI=1S/C15H22O3/c1-3-5-10-17-11-12-18-15-9-7-6-8-13(15)14(16)4-2/h6-9H,3-5,10-12H2,1-2H3. The summed E-state index contributed by atoms with van der Waals surface area (Å²) in [5.74, 6) is 0.765. The second-order valence-electron chi connectivity index (χ2n) is 4.09. The zero-order valence-corrected chi connectivity index (χ0v) is 11.3. The third-order valence-electron chi connectivity index (χ3n) is 2.64. The van der Waals surface area contributed by atoms with Crippen LogP contribution in [0.1, 0.15) is 43.5 Å². The van der Waals surface area contributed by atoms with Crippen LogP contribution >= 0.6 is 0 Å². The van der Waals surface area contributed by atoms with Gasteiger partial charge in [-0.05, 0) is 18.6 Å². The average Bonchev–Trinajstić information content (AvgIpc) is 2.42. The highest BCUT2D eigenvalue weighted by Gasteiger charge is 2.09.